The Kier molecular flexibility index (Phi) is 7.05. The summed E-state index contributed by atoms with van der Waals surface area (Å²) in [6.45, 7) is 4.75. The molecule has 0 fully saturated rings. The van der Waals surface area contributed by atoms with Crippen molar-refractivity contribution in [3.8, 4) is 0 Å². The number of rotatable bonds is 9. The first-order valence-electron chi connectivity index (χ1n) is 5.60. The number of halogens is 2. The Morgan fingerprint density at radius 1 is 1.18 bits per heavy atom. The van der Waals surface area contributed by atoms with Crippen LogP contribution in [-0.4, -0.2) is 31.1 Å². The van der Waals surface area contributed by atoms with Crippen LogP contribution in [0, 0.1) is 0 Å². The Morgan fingerprint density at radius 3 is 2.00 bits per heavy atom. The lowest BCUT2D eigenvalue weighted by molar-refractivity contribution is -0.141. The van der Waals surface area contributed by atoms with Crippen molar-refractivity contribution in [2.45, 2.75) is 39.5 Å². The molecule has 0 bridgehead atoms. The molecule has 0 aromatic rings. The van der Waals surface area contributed by atoms with Crippen LogP contribution in [-0.2, 0) is 18.4 Å². The van der Waals surface area contributed by atoms with E-state index in [0.717, 1.165) is 0 Å². The van der Waals surface area contributed by atoms with Gasteiger partial charge < -0.3 is 9.05 Å². The van der Waals surface area contributed by atoms with E-state index in [-0.39, 0.29) is 19.6 Å². The zero-order chi connectivity index (χ0) is 13.5. The van der Waals surface area contributed by atoms with E-state index < -0.39 is 31.9 Å². The highest BCUT2D eigenvalue weighted by Gasteiger charge is 2.42. The molecule has 0 aromatic heterocycles. The largest absolute Gasteiger partial charge is 0.338 e. The standard InChI is InChI=1S/C10H19F2O4P/c1-4-7-10(11,12)9(13)8-17(14,15-5-2)16-6-3/h4-8H2,1-3H3. The third-order valence-electron chi connectivity index (χ3n) is 1.96. The molecule has 0 aliphatic rings. The van der Waals surface area contributed by atoms with E-state index in [4.69, 9.17) is 9.05 Å². The van der Waals surface area contributed by atoms with E-state index in [9.17, 15) is 18.1 Å². The predicted octanol–water partition coefficient (Wildman–Crippen LogP) is 3.26. The number of carbonyl (C=O) groups is 1. The minimum Gasteiger partial charge on any atom is -0.309 e. The van der Waals surface area contributed by atoms with E-state index in [2.05, 4.69) is 0 Å². The van der Waals surface area contributed by atoms with Gasteiger partial charge in [-0.2, -0.15) is 8.78 Å². The van der Waals surface area contributed by atoms with Crippen LogP contribution in [0.1, 0.15) is 33.6 Å². The molecular formula is C10H19F2O4P. The summed E-state index contributed by atoms with van der Waals surface area (Å²) in [5, 5.41) is 0. The van der Waals surface area contributed by atoms with Crippen molar-refractivity contribution in [3.63, 3.8) is 0 Å². The number of alkyl halides is 2. The van der Waals surface area contributed by atoms with Gasteiger partial charge in [0.2, 0.25) is 5.78 Å². The molecule has 0 rings (SSSR count). The first kappa shape index (κ1) is 16.7. The van der Waals surface area contributed by atoms with Gasteiger partial charge in [0.1, 0.15) is 6.16 Å². The summed E-state index contributed by atoms with van der Waals surface area (Å²) < 4.78 is 48.0. The van der Waals surface area contributed by atoms with Gasteiger partial charge in [-0.25, -0.2) is 0 Å². The van der Waals surface area contributed by atoms with Gasteiger partial charge in [-0.1, -0.05) is 6.92 Å². The second-order valence-electron chi connectivity index (χ2n) is 3.48. The molecule has 0 aliphatic heterocycles. The molecule has 0 N–H and O–H groups in total. The third-order valence-corrected chi connectivity index (χ3v) is 3.94. The van der Waals surface area contributed by atoms with Crippen molar-refractivity contribution in [3.05, 3.63) is 0 Å². The molecule has 102 valence electrons. The Hall–Kier alpha value is -0.320. The van der Waals surface area contributed by atoms with E-state index in [1.807, 2.05) is 0 Å². The second-order valence-corrected chi connectivity index (χ2v) is 5.54. The lowest BCUT2D eigenvalue weighted by Gasteiger charge is -2.19. The van der Waals surface area contributed by atoms with E-state index in [0.29, 0.717) is 0 Å². The summed E-state index contributed by atoms with van der Waals surface area (Å²) in [4.78, 5) is 11.3. The molecule has 4 nitrogen and oxygen atoms in total. The highest BCUT2D eigenvalue weighted by atomic mass is 31.2. The maximum Gasteiger partial charge on any atom is 0.338 e. The zero-order valence-electron chi connectivity index (χ0n) is 10.4. The van der Waals surface area contributed by atoms with Crippen LogP contribution in [0.25, 0.3) is 0 Å². The number of carbonyl (C=O) groups excluding carboxylic acids is 1. The van der Waals surface area contributed by atoms with E-state index in [1.165, 1.54) is 0 Å². The zero-order valence-corrected chi connectivity index (χ0v) is 11.3. The Morgan fingerprint density at radius 2 is 1.65 bits per heavy atom. The lowest BCUT2D eigenvalue weighted by atomic mass is 10.1. The van der Waals surface area contributed by atoms with Crippen LogP contribution in [0.5, 0.6) is 0 Å². The Balaban J connectivity index is 4.66. The molecule has 0 radical (unpaired) electrons. The van der Waals surface area contributed by atoms with Crippen LogP contribution in [0.15, 0.2) is 0 Å². The summed E-state index contributed by atoms with van der Waals surface area (Å²) in [5.74, 6) is -4.84. The first-order valence-corrected chi connectivity index (χ1v) is 7.33. The highest BCUT2D eigenvalue weighted by molar-refractivity contribution is 7.54. The van der Waals surface area contributed by atoms with Crippen LogP contribution in [0.3, 0.4) is 0 Å². The molecule has 0 aliphatic carbocycles. The van der Waals surface area contributed by atoms with E-state index in [1.54, 1.807) is 20.8 Å². The van der Waals surface area contributed by atoms with Crippen molar-refractivity contribution in [1.29, 1.82) is 0 Å². The molecule has 0 heterocycles. The van der Waals surface area contributed by atoms with Crippen molar-refractivity contribution in [2.24, 2.45) is 0 Å². The summed E-state index contributed by atoms with van der Waals surface area (Å²) in [5.41, 5.74) is 0. The van der Waals surface area contributed by atoms with Gasteiger partial charge in [0.15, 0.2) is 0 Å². The smallest absolute Gasteiger partial charge is 0.309 e. The average molecular weight is 272 g/mol. The van der Waals surface area contributed by atoms with Crippen LogP contribution >= 0.6 is 7.60 Å². The molecule has 0 aromatic carbocycles. The predicted molar refractivity (Wildman–Crippen MR) is 60.6 cm³/mol. The van der Waals surface area contributed by atoms with Crippen LogP contribution in [0.4, 0.5) is 8.78 Å². The Labute approximate surface area is 100 Å². The fraction of sp³-hybridized carbons (Fsp3) is 0.900. The number of hydrogen-bond acceptors (Lipinski definition) is 4. The number of ketones is 1. The topological polar surface area (TPSA) is 52.6 Å². The van der Waals surface area contributed by atoms with Gasteiger partial charge in [-0.15, -0.1) is 0 Å². The van der Waals surface area contributed by atoms with Gasteiger partial charge in [0, 0.05) is 6.42 Å². The molecule has 0 spiro atoms. The lowest BCUT2D eigenvalue weighted by Crippen LogP contribution is -2.31. The average Bonchev–Trinajstić information content (AvgIpc) is 2.17. The third kappa shape index (κ3) is 5.70. The van der Waals surface area contributed by atoms with Gasteiger partial charge >= 0.3 is 13.5 Å². The van der Waals surface area contributed by atoms with E-state index >= 15 is 0 Å². The molecule has 0 atom stereocenters. The second kappa shape index (κ2) is 7.19. The Bertz CT molecular complexity index is 284. The van der Waals surface area contributed by atoms with Gasteiger partial charge in [-0.3, -0.25) is 9.36 Å². The summed E-state index contributed by atoms with van der Waals surface area (Å²) in [6, 6.07) is 0. The number of hydrogen-bond donors (Lipinski definition) is 0. The SMILES string of the molecule is CCCC(F)(F)C(=O)CP(=O)(OCC)OCC. The monoisotopic (exact) mass is 272 g/mol. The molecule has 0 amide bonds. The first-order chi connectivity index (χ1) is 7.81. The summed E-state index contributed by atoms with van der Waals surface area (Å²) in [6.07, 6.45) is -1.25. The van der Waals surface area contributed by atoms with Gasteiger partial charge in [0.05, 0.1) is 13.2 Å². The minimum absolute atomic E-state index is 0.0455. The van der Waals surface area contributed by atoms with Crippen LogP contribution in [0.2, 0.25) is 0 Å². The van der Waals surface area contributed by atoms with Crippen molar-refractivity contribution < 1.29 is 27.2 Å². The normalized spacial score (nSPS) is 12.8. The molecule has 0 unspecified atom stereocenters. The molecule has 7 heteroatoms. The fourth-order valence-corrected chi connectivity index (χ4v) is 2.89. The van der Waals surface area contributed by atoms with Crippen molar-refractivity contribution >= 4 is 13.4 Å². The minimum atomic E-state index is -3.73. The van der Waals surface area contributed by atoms with Gasteiger partial charge in [0.25, 0.3) is 0 Å². The molecule has 0 saturated heterocycles. The maximum atomic E-state index is 13.2. The maximum absolute atomic E-state index is 13.2. The van der Waals surface area contributed by atoms with Crippen LogP contribution < -0.4 is 0 Å². The molecular weight excluding hydrogens is 253 g/mol. The highest BCUT2D eigenvalue weighted by Crippen LogP contribution is 2.49. The van der Waals surface area contributed by atoms with Gasteiger partial charge in [-0.05, 0) is 20.3 Å². The number of Topliss-reactive ketones (excluding diaryl/α,β-unsaturated/α-hetero) is 1. The molecule has 17 heavy (non-hydrogen) atoms. The van der Waals surface area contributed by atoms with Crippen molar-refractivity contribution in [1.82, 2.24) is 0 Å². The molecule has 0 saturated carbocycles. The summed E-state index contributed by atoms with van der Waals surface area (Å²) in [7, 11) is -3.73. The van der Waals surface area contributed by atoms with Crippen molar-refractivity contribution in [2.75, 3.05) is 19.4 Å². The fourth-order valence-electron chi connectivity index (χ4n) is 1.27. The quantitative estimate of drug-likeness (QED) is 0.604. The summed E-state index contributed by atoms with van der Waals surface area (Å²) >= 11 is 0.